The van der Waals surface area contributed by atoms with Crippen LogP contribution in [0.3, 0.4) is 0 Å². The van der Waals surface area contributed by atoms with Gasteiger partial charge in [0.25, 0.3) is 0 Å². The van der Waals surface area contributed by atoms with Crippen molar-refractivity contribution in [3.63, 3.8) is 0 Å². The molecule has 74 valence electrons. The molecule has 2 N–H and O–H groups in total. The predicted molar refractivity (Wildman–Crippen MR) is 58.6 cm³/mol. The standard InChI is InChI=1S/C11H14N2O/c1-13(2)11(14)8-5-9-3-6-10(12)7-4-9/h3-8H,12H2,1-2H3/b8-5-. The average Bonchev–Trinajstić information content (AvgIpc) is 2.16. The Morgan fingerprint density at radius 1 is 1.29 bits per heavy atom. The van der Waals surface area contributed by atoms with Gasteiger partial charge >= 0.3 is 0 Å². The Morgan fingerprint density at radius 3 is 2.36 bits per heavy atom. The highest BCUT2D eigenvalue weighted by molar-refractivity contribution is 5.91. The Balaban J connectivity index is 2.69. The first-order chi connectivity index (χ1) is 6.59. The number of likely N-dealkylation sites (N-methyl/N-ethyl adjacent to an activating group) is 1. The zero-order valence-electron chi connectivity index (χ0n) is 8.40. The zero-order chi connectivity index (χ0) is 10.6. The lowest BCUT2D eigenvalue weighted by molar-refractivity contribution is -0.123. The van der Waals surface area contributed by atoms with Crippen LogP contribution in [0.4, 0.5) is 5.69 Å². The maximum absolute atomic E-state index is 11.2. The van der Waals surface area contributed by atoms with E-state index in [1.807, 2.05) is 12.1 Å². The third kappa shape index (κ3) is 2.94. The summed E-state index contributed by atoms with van der Waals surface area (Å²) in [6.45, 7) is 0. The molecule has 0 unspecified atom stereocenters. The molecular weight excluding hydrogens is 176 g/mol. The molecule has 3 heteroatoms. The van der Waals surface area contributed by atoms with Crippen LogP contribution < -0.4 is 5.73 Å². The molecule has 0 aromatic heterocycles. The quantitative estimate of drug-likeness (QED) is 0.565. The van der Waals surface area contributed by atoms with Gasteiger partial charge in [0, 0.05) is 25.9 Å². The molecule has 0 spiro atoms. The van der Waals surface area contributed by atoms with E-state index >= 15 is 0 Å². The smallest absolute Gasteiger partial charge is 0.246 e. The van der Waals surface area contributed by atoms with E-state index in [0.717, 1.165) is 11.3 Å². The van der Waals surface area contributed by atoms with Gasteiger partial charge in [0.2, 0.25) is 5.91 Å². The second kappa shape index (κ2) is 4.46. The second-order valence-electron chi connectivity index (χ2n) is 3.23. The first-order valence-electron chi connectivity index (χ1n) is 4.34. The minimum Gasteiger partial charge on any atom is -0.399 e. The minimum absolute atomic E-state index is 0.0261. The van der Waals surface area contributed by atoms with Crippen LogP contribution in [0, 0.1) is 0 Å². The highest BCUT2D eigenvalue weighted by atomic mass is 16.2. The largest absolute Gasteiger partial charge is 0.399 e. The zero-order valence-corrected chi connectivity index (χ0v) is 8.40. The highest BCUT2D eigenvalue weighted by Gasteiger charge is 1.96. The van der Waals surface area contributed by atoms with Crippen molar-refractivity contribution in [1.82, 2.24) is 4.90 Å². The molecule has 14 heavy (non-hydrogen) atoms. The molecule has 1 rings (SSSR count). The number of nitrogens with zero attached hydrogens (tertiary/aromatic N) is 1. The molecule has 0 saturated heterocycles. The van der Waals surface area contributed by atoms with Crippen molar-refractivity contribution in [2.24, 2.45) is 0 Å². The van der Waals surface area contributed by atoms with Crippen LogP contribution in [0.1, 0.15) is 5.56 Å². The van der Waals surface area contributed by atoms with Crippen LogP contribution in [-0.2, 0) is 4.79 Å². The van der Waals surface area contributed by atoms with Gasteiger partial charge in [-0.2, -0.15) is 0 Å². The maximum atomic E-state index is 11.2. The Bertz CT molecular complexity index is 339. The Kier molecular flexibility index (Phi) is 3.29. The molecule has 0 saturated carbocycles. The van der Waals surface area contributed by atoms with E-state index in [-0.39, 0.29) is 5.91 Å². The summed E-state index contributed by atoms with van der Waals surface area (Å²) in [5.74, 6) is -0.0261. The SMILES string of the molecule is CN(C)C(=O)/C=C\c1ccc(N)cc1. The van der Waals surface area contributed by atoms with E-state index < -0.39 is 0 Å². The first-order valence-corrected chi connectivity index (χ1v) is 4.34. The Hall–Kier alpha value is -1.77. The number of amides is 1. The summed E-state index contributed by atoms with van der Waals surface area (Å²) in [5.41, 5.74) is 7.22. The van der Waals surface area contributed by atoms with E-state index in [2.05, 4.69) is 0 Å². The van der Waals surface area contributed by atoms with Crippen molar-refractivity contribution in [3.05, 3.63) is 35.9 Å². The van der Waals surface area contributed by atoms with Gasteiger partial charge < -0.3 is 10.6 Å². The molecule has 0 radical (unpaired) electrons. The lowest BCUT2D eigenvalue weighted by Crippen LogP contribution is -2.18. The Morgan fingerprint density at radius 2 is 1.86 bits per heavy atom. The molecule has 0 aliphatic heterocycles. The summed E-state index contributed by atoms with van der Waals surface area (Å²) in [7, 11) is 3.44. The number of anilines is 1. The van der Waals surface area contributed by atoms with Crippen LogP contribution in [0.25, 0.3) is 6.08 Å². The monoisotopic (exact) mass is 190 g/mol. The second-order valence-corrected chi connectivity index (χ2v) is 3.23. The molecule has 1 amide bonds. The fourth-order valence-electron chi connectivity index (χ4n) is 0.924. The fourth-order valence-corrected chi connectivity index (χ4v) is 0.924. The number of nitrogens with two attached hydrogens (primary N) is 1. The molecule has 1 aromatic carbocycles. The van der Waals surface area contributed by atoms with Crippen LogP contribution >= 0.6 is 0 Å². The number of rotatable bonds is 2. The van der Waals surface area contributed by atoms with Crippen molar-refractivity contribution in [2.45, 2.75) is 0 Å². The lowest BCUT2D eigenvalue weighted by Gasteiger charge is -2.04. The van der Waals surface area contributed by atoms with Crippen molar-refractivity contribution in [2.75, 3.05) is 19.8 Å². The number of carbonyl (C=O) groups is 1. The van der Waals surface area contributed by atoms with Crippen LogP contribution in [0.2, 0.25) is 0 Å². The fraction of sp³-hybridized carbons (Fsp3) is 0.182. The first kappa shape index (κ1) is 10.3. The van der Waals surface area contributed by atoms with Gasteiger partial charge in [0.15, 0.2) is 0 Å². The van der Waals surface area contributed by atoms with E-state index in [4.69, 9.17) is 5.73 Å². The van der Waals surface area contributed by atoms with Crippen molar-refractivity contribution in [3.8, 4) is 0 Å². The van der Waals surface area contributed by atoms with Crippen LogP contribution in [0.5, 0.6) is 0 Å². The summed E-state index contributed by atoms with van der Waals surface area (Å²) in [5, 5.41) is 0. The van der Waals surface area contributed by atoms with E-state index in [1.165, 1.54) is 11.0 Å². The van der Waals surface area contributed by atoms with Gasteiger partial charge in [-0.25, -0.2) is 0 Å². The number of hydrogen-bond acceptors (Lipinski definition) is 2. The van der Waals surface area contributed by atoms with E-state index in [0.29, 0.717) is 0 Å². The number of hydrogen-bond donors (Lipinski definition) is 1. The summed E-state index contributed by atoms with van der Waals surface area (Å²) in [6.07, 6.45) is 3.30. The number of benzene rings is 1. The third-order valence-electron chi connectivity index (χ3n) is 1.80. The normalized spacial score (nSPS) is 10.4. The third-order valence-corrected chi connectivity index (χ3v) is 1.80. The molecule has 0 bridgehead atoms. The molecule has 1 aromatic rings. The number of carbonyl (C=O) groups excluding carboxylic acids is 1. The summed E-state index contributed by atoms with van der Waals surface area (Å²) < 4.78 is 0. The van der Waals surface area contributed by atoms with Gasteiger partial charge in [0.05, 0.1) is 0 Å². The highest BCUT2D eigenvalue weighted by Crippen LogP contribution is 2.06. The predicted octanol–water partition coefficient (Wildman–Crippen LogP) is 1.37. The summed E-state index contributed by atoms with van der Waals surface area (Å²) >= 11 is 0. The summed E-state index contributed by atoms with van der Waals surface area (Å²) in [4.78, 5) is 12.7. The molecule has 0 aliphatic carbocycles. The maximum Gasteiger partial charge on any atom is 0.246 e. The molecule has 0 aliphatic rings. The van der Waals surface area contributed by atoms with Gasteiger partial charge in [-0.1, -0.05) is 12.1 Å². The van der Waals surface area contributed by atoms with Crippen molar-refractivity contribution >= 4 is 17.7 Å². The number of nitrogen functional groups attached to an aromatic ring is 1. The van der Waals surface area contributed by atoms with E-state index in [1.54, 1.807) is 32.3 Å². The molecular formula is C11H14N2O. The van der Waals surface area contributed by atoms with Gasteiger partial charge in [-0.05, 0) is 23.8 Å². The van der Waals surface area contributed by atoms with Crippen LogP contribution in [-0.4, -0.2) is 24.9 Å². The Labute approximate surface area is 83.8 Å². The van der Waals surface area contributed by atoms with Crippen LogP contribution in [0.15, 0.2) is 30.3 Å². The van der Waals surface area contributed by atoms with Crippen molar-refractivity contribution < 1.29 is 4.79 Å². The molecule has 0 heterocycles. The van der Waals surface area contributed by atoms with Gasteiger partial charge in [-0.15, -0.1) is 0 Å². The van der Waals surface area contributed by atoms with Crippen molar-refractivity contribution in [1.29, 1.82) is 0 Å². The lowest BCUT2D eigenvalue weighted by atomic mass is 10.2. The topological polar surface area (TPSA) is 46.3 Å². The molecule has 0 fully saturated rings. The van der Waals surface area contributed by atoms with Gasteiger partial charge in [-0.3, -0.25) is 4.79 Å². The summed E-state index contributed by atoms with van der Waals surface area (Å²) in [6, 6.07) is 7.35. The minimum atomic E-state index is -0.0261. The molecule has 3 nitrogen and oxygen atoms in total. The van der Waals surface area contributed by atoms with Gasteiger partial charge in [0.1, 0.15) is 0 Å². The molecule has 0 atom stereocenters. The van der Waals surface area contributed by atoms with E-state index in [9.17, 15) is 4.79 Å². The average molecular weight is 190 g/mol.